The Hall–Kier alpha value is -2.07. The zero-order chi connectivity index (χ0) is 14.5. The van der Waals surface area contributed by atoms with Gasteiger partial charge in [0, 0.05) is 0 Å². The fraction of sp³-hybridized carbons (Fsp3) is 0.133. The van der Waals surface area contributed by atoms with Crippen molar-refractivity contribution in [1.29, 1.82) is 0 Å². The van der Waals surface area contributed by atoms with Gasteiger partial charge in [-0.3, -0.25) is 4.79 Å². The molecule has 0 atom stereocenters. The number of anilines is 1. The molecular formula is C15H13ClFNO2. The molecule has 0 saturated heterocycles. The second kappa shape index (κ2) is 6.39. The highest BCUT2D eigenvalue weighted by Gasteiger charge is 2.10. The van der Waals surface area contributed by atoms with Gasteiger partial charge >= 0.3 is 0 Å². The van der Waals surface area contributed by atoms with Gasteiger partial charge in [-0.1, -0.05) is 29.8 Å². The highest BCUT2D eigenvalue weighted by atomic mass is 35.5. The Morgan fingerprint density at radius 3 is 2.80 bits per heavy atom. The second-order valence-corrected chi connectivity index (χ2v) is 4.59. The van der Waals surface area contributed by atoms with Crippen LogP contribution < -0.4 is 10.1 Å². The number of benzene rings is 2. The van der Waals surface area contributed by atoms with Gasteiger partial charge in [-0.15, -0.1) is 0 Å². The Bertz CT molecular complexity index is 631. The molecule has 5 heteroatoms. The summed E-state index contributed by atoms with van der Waals surface area (Å²) in [5.41, 5.74) is 0.856. The molecule has 20 heavy (non-hydrogen) atoms. The van der Waals surface area contributed by atoms with Gasteiger partial charge in [-0.25, -0.2) is 4.39 Å². The smallest absolute Gasteiger partial charge is 0.228 e. The molecular weight excluding hydrogens is 281 g/mol. The molecule has 0 radical (unpaired) electrons. The van der Waals surface area contributed by atoms with E-state index in [1.54, 1.807) is 37.4 Å². The monoisotopic (exact) mass is 293 g/mol. The van der Waals surface area contributed by atoms with Gasteiger partial charge < -0.3 is 10.1 Å². The number of hydrogen-bond acceptors (Lipinski definition) is 2. The van der Waals surface area contributed by atoms with E-state index in [1.807, 2.05) is 0 Å². The summed E-state index contributed by atoms with van der Waals surface area (Å²) < 4.78 is 18.7. The fourth-order valence-corrected chi connectivity index (χ4v) is 1.94. The van der Waals surface area contributed by atoms with Crippen molar-refractivity contribution in [2.45, 2.75) is 6.42 Å². The van der Waals surface area contributed by atoms with E-state index in [9.17, 15) is 9.18 Å². The van der Waals surface area contributed by atoms with Crippen LogP contribution in [0, 0.1) is 5.82 Å². The maximum absolute atomic E-state index is 13.7. The number of ether oxygens (including phenoxy) is 1. The summed E-state index contributed by atoms with van der Waals surface area (Å²) in [4.78, 5) is 11.9. The Morgan fingerprint density at radius 1 is 1.30 bits per heavy atom. The van der Waals surface area contributed by atoms with Crippen molar-refractivity contribution >= 4 is 23.2 Å². The number of rotatable bonds is 4. The molecule has 2 aromatic carbocycles. The Labute approximate surface area is 121 Å². The summed E-state index contributed by atoms with van der Waals surface area (Å²) in [5.74, 6) is -0.281. The average Bonchev–Trinajstić information content (AvgIpc) is 2.44. The van der Waals surface area contributed by atoms with E-state index in [4.69, 9.17) is 16.3 Å². The number of carbonyl (C=O) groups excluding carboxylic acids is 1. The molecule has 0 aromatic heterocycles. The summed E-state index contributed by atoms with van der Waals surface area (Å²) in [6, 6.07) is 11.6. The lowest BCUT2D eigenvalue weighted by Gasteiger charge is -2.08. The summed E-state index contributed by atoms with van der Waals surface area (Å²) in [6.07, 6.45) is 0.128. The van der Waals surface area contributed by atoms with E-state index in [1.165, 1.54) is 12.1 Å². The number of nitrogens with one attached hydrogen (secondary N) is 1. The number of amides is 1. The van der Waals surface area contributed by atoms with E-state index in [0.29, 0.717) is 5.75 Å². The van der Waals surface area contributed by atoms with Gasteiger partial charge in [0.2, 0.25) is 5.91 Å². The summed E-state index contributed by atoms with van der Waals surface area (Å²) in [7, 11) is 1.56. The van der Waals surface area contributed by atoms with Crippen LogP contribution >= 0.6 is 11.6 Å². The zero-order valence-corrected chi connectivity index (χ0v) is 11.6. The maximum Gasteiger partial charge on any atom is 0.228 e. The lowest BCUT2D eigenvalue weighted by atomic mass is 10.1. The SMILES string of the molecule is COc1cccc(CC(=O)Nc2cccc(Cl)c2F)c1. The average molecular weight is 294 g/mol. The van der Waals surface area contributed by atoms with Crippen molar-refractivity contribution in [3.05, 3.63) is 58.9 Å². The van der Waals surface area contributed by atoms with Gasteiger partial charge in [0.1, 0.15) is 5.75 Å². The molecule has 0 spiro atoms. The first-order valence-corrected chi connectivity index (χ1v) is 6.34. The van der Waals surface area contributed by atoms with E-state index >= 15 is 0 Å². The molecule has 0 aliphatic heterocycles. The van der Waals surface area contributed by atoms with Crippen LogP contribution in [0.25, 0.3) is 0 Å². The van der Waals surface area contributed by atoms with Crippen LogP contribution in [0.5, 0.6) is 5.75 Å². The topological polar surface area (TPSA) is 38.3 Å². The molecule has 0 bridgehead atoms. The van der Waals surface area contributed by atoms with Crippen molar-refractivity contribution in [1.82, 2.24) is 0 Å². The van der Waals surface area contributed by atoms with Crippen molar-refractivity contribution in [3.63, 3.8) is 0 Å². The lowest BCUT2D eigenvalue weighted by Crippen LogP contribution is -2.15. The zero-order valence-electron chi connectivity index (χ0n) is 10.8. The highest BCUT2D eigenvalue weighted by molar-refractivity contribution is 6.31. The van der Waals surface area contributed by atoms with Crippen LogP contribution in [0.15, 0.2) is 42.5 Å². The first kappa shape index (κ1) is 14.3. The van der Waals surface area contributed by atoms with Gasteiger partial charge in [0.15, 0.2) is 5.82 Å². The predicted molar refractivity (Wildman–Crippen MR) is 76.7 cm³/mol. The van der Waals surface area contributed by atoms with Gasteiger partial charge in [0.05, 0.1) is 24.2 Å². The van der Waals surface area contributed by atoms with Gasteiger partial charge in [-0.2, -0.15) is 0 Å². The molecule has 2 rings (SSSR count). The molecule has 0 aliphatic rings. The van der Waals surface area contributed by atoms with E-state index in [-0.39, 0.29) is 23.0 Å². The molecule has 1 N–H and O–H groups in total. The predicted octanol–water partition coefficient (Wildman–Crippen LogP) is 3.67. The second-order valence-electron chi connectivity index (χ2n) is 4.18. The van der Waals surface area contributed by atoms with Crippen LogP contribution in [0.3, 0.4) is 0 Å². The third kappa shape index (κ3) is 3.48. The molecule has 0 fully saturated rings. The maximum atomic E-state index is 13.7. The minimum atomic E-state index is -0.631. The van der Waals surface area contributed by atoms with Crippen LogP contribution in [0.4, 0.5) is 10.1 Å². The van der Waals surface area contributed by atoms with Crippen LogP contribution in [-0.2, 0) is 11.2 Å². The molecule has 0 aliphatic carbocycles. The first-order chi connectivity index (χ1) is 9.60. The van der Waals surface area contributed by atoms with Crippen LogP contribution in [0.1, 0.15) is 5.56 Å². The number of methoxy groups -OCH3 is 1. The largest absolute Gasteiger partial charge is 0.497 e. The first-order valence-electron chi connectivity index (χ1n) is 5.97. The van der Waals surface area contributed by atoms with Crippen LogP contribution in [-0.4, -0.2) is 13.0 Å². The summed E-state index contributed by atoms with van der Waals surface area (Å²) >= 11 is 5.65. The van der Waals surface area contributed by atoms with E-state index in [0.717, 1.165) is 5.56 Å². The molecule has 0 heterocycles. The van der Waals surface area contributed by atoms with Gasteiger partial charge in [0.25, 0.3) is 0 Å². The number of hydrogen-bond donors (Lipinski definition) is 1. The molecule has 0 unspecified atom stereocenters. The standard InChI is InChI=1S/C15H13ClFNO2/c1-20-11-5-2-4-10(8-11)9-14(19)18-13-7-3-6-12(16)15(13)17/h2-8H,9H2,1H3,(H,18,19). The van der Waals surface area contributed by atoms with E-state index < -0.39 is 5.82 Å². The normalized spacial score (nSPS) is 10.2. The van der Waals surface area contributed by atoms with Crippen molar-refractivity contribution in [2.75, 3.05) is 12.4 Å². The highest BCUT2D eigenvalue weighted by Crippen LogP contribution is 2.22. The Kier molecular flexibility index (Phi) is 4.58. The van der Waals surface area contributed by atoms with E-state index in [2.05, 4.69) is 5.32 Å². The molecule has 1 amide bonds. The molecule has 104 valence electrons. The van der Waals surface area contributed by atoms with Gasteiger partial charge in [-0.05, 0) is 29.8 Å². The fourth-order valence-electron chi connectivity index (χ4n) is 1.76. The Balaban J connectivity index is 2.07. The third-order valence-electron chi connectivity index (χ3n) is 2.72. The van der Waals surface area contributed by atoms with Crippen molar-refractivity contribution < 1.29 is 13.9 Å². The van der Waals surface area contributed by atoms with Crippen molar-refractivity contribution in [3.8, 4) is 5.75 Å². The molecule has 2 aromatic rings. The van der Waals surface area contributed by atoms with Crippen molar-refractivity contribution in [2.24, 2.45) is 0 Å². The third-order valence-corrected chi connectivity index (χ3v) is 3.02. The minimum absolute atomic E-state index is 0.0239. The number of carbonyl (C=O) groups is 1. The number of halogens is 2. The van der Waals surface area contributed by atoms with Crippen LogP contribution in [0.2, 0.25) is 5.02 Å². The summed E-state index contributed by atoms with van der Waals surface area (Å²) in [6.45, 7) is 0. The quantitative estimate of drug-likeness (QED) is 0.934. The minimum Gasteiger partial charge on any atom is -0.497 e. The molecule has 3 nitrogen and oxygen atoms in total. The molecule has 0 saturated carbocycles. The lowest BCUT2D eigenvalue weighted by molar-refractivity contribution is -0.115. The summed E-state index contributed by atoms with van der Waals surface area (Å²) in [5, 5.41) is 2.47. The Morgan fingerprint density at radius 2 is 2.05 bits per heavy atom.